The third-order valence-corrected chi connectivity index (χ3v) is 2.65. The smallest absolute Gasteiger partial charge is 0.241 e. The van der Waals surface area contributed by atoms with Gasteiger partial charge in [-0.15, -0.1) is 0 Å². The van der Waals surface area contributed by atoms with E-state index in [-0.39, 0.29) is 5.91 Å². The van der Waals surface area contributed by atoms with Gasteiger partial charge in [-0.1, -0.05) is 31.9 Å². The number of anilines is 1. The molecule has 0 heterocycles. The molecule has 18 heavy (non-hydrogen) atoms. The van der Waals surface area contributed by atoms with E-state index in [0.29, 0.717) is 24.5 Å². The monoisotopic (exact) mass is 250 g/mol. The zero-order chi connectivity index (χ0) is 13.4. The summed E-state index contributed by atoms with van der Waals surface area (Å²) in [7, 11) is 0. The van der Waals surface area contributed by atoms with Crippen LogP contribution >= 0.6 is 0 Å². The summed E-state index contributed by atoms with van der Waals surface area (Å²) in [4.78, 5) is 11.9. The maximum atomic E-state index is 11.9. The lowest BCUT2D eigenvalue weighted by atomic mass is 10.1. The SMILES string of the molecule is CCCC[C@H](N)C(=O)Nc1ccccc1OCC. The van der Waals surface area contributed by atoms with Gasteiger partial charge in [0, 0.05) is 0 Å². The van der Waals surface area contributed by atoms with Gasteiger partial charge in [0.25, 0.3) is 0 Å². The lowest BCUT2D eigenvalue weighted by Gasteiger charge is -2.14. The summed E-state index contributed by atoms with van der Waals surface area (Å²) in [5.41, 5.74) is 6.50. The van der Waals surface area contributed by atoms with Crippen molar-refractivity contribution in [3.8, 4) is 5.75 Å². The number of unbranched alkanes of at least 4 members (excludes halogenated alkanes) is 1. The van der Waals surface area contributed by atoms with E-state index >= 15 is 0 Å². The molecule has 100 valence electrons. The molecule has 0 saturated heterocycles. The van der Waals surface area contributed by atoms with Crippen molar-refractivity contribution in [2.24, 2.45) is 5.73 Å². The number of amides is 1. The standard InChI is InChI=1S/C14H22N2O2/c1-3-5-8-11(15)14(17)16-12-9-6-7-10-13(12)18-4-2/h6-7,9-11H,3-5,8,15H2,1-2H3,(H,16,17)/t11-/m0/s1. The Hall–Kier alpha value is -1.55. The summed E-state index contributed by atoms with van der Waals surface area (Å²) in [6, 6.07) is 6.92. The second-order valence-corrected chi connectivity index (χ2v) is 4.17. The van der Waals surface area contributed by atoms with Crippen LogP contribution in [-0.4, -0.2) is 18.6 Å². The minimum atomic E-state index is -0.459. The third-order valence-electron chi connectivity index (χ3n) is 2.65. The van der Waals surface area contributed by atoms with Gasteiger partial charge in [-0.05, 0) is 25.5 Å². The van der Waals surface area contributed by atoms with Crippen LogP contribution in [0.15, 0.2) is 24.3 Å². The number of rotatable bonds is 7. The fourth-order valence-corrected chi connectivity index (χ4v) is 1.63. The molecule has 4 heteroatoms. The van der Waals surface area contributed by atoms with Crippen LogP contribution in [0.3, 0.4) is 0 Å². The lowest BCUT2D eigenvalue weighted by Crippen LogP contribution is -2.35. The number of carbonyl (C=O) groups is 1. The molecule has 0 aliphatic rings. The molecule has 0 bridgehead atoms. The molecule has 3 N–H and O–H groups in total. The van der Waals surface area contributed by atoms with Gasteiger partial charge >= 0.3 is 0 Å². The van der Waals surface area contributed by atoms with Crippen LogP contribution in [0.1, 0.15) is 33.1 Å². The summed E-state index contributed by atoms with van der Waals surface area (Å²) >= 11 is 0. The molecule has 0 saturated carbocycles. The molecule has 4 nitrogen and oxygen atoms in total. The third kappa shape index (κ3) is 4.37. The summed E-state index contributed by atoms with van der Waals surface area (Å²) in [6.07, 6.45) is 2.71. The van der Waals surface area contributed by atoms with E-state index in [1.807, 2.05) is 31.2 Å². The van der Waals surface area contributed by atoms with Crippen molar-refractivity contribution in [2.75, 3.05) is 11.9 Å². The Morgan fingerprint density at radius 1 is 1.39 bits per heavy atom. The summed E-state index contributed by atoms with van der Waals surface area (Å²) < 4.78 is 5.44. The Balaban J connectivity index is 2.63. The Bertz CT molecular complexity index is 380. The maximum absolute atomic E-state index is 11.9. The van der Waals surface area contributed by atoms with Crippen molar-refractivity contribution in [3.63, 3.8) is 0 Å². The molecule has 1 amide bonds. The molecule has 1 aromatic carbocycles. The van der Waals surface area contributed by atoms with Crippen LogP contribution in [0, 0.1) is 0 Å². The highest BCUT2D eigenvalue weighted by atomic mass is 16.5. The first-order valence-corrected chi connectivity index (χ1v) is 6.47. The molecule has 0 spiro atoms. The van der Waals surface area contributed by atoms with Gasteiger partial charge in [0.15, 0.2) is 0 Å². The molecule has 1 rings (SSSR count). The second-order valence-electron chi connectivity index (χ2n) is 4.17. The lowest BCUT2D eigenvalue weighted by molar-refractivity contribution is -0.117. The average molecular weight is 250 g/mol. The Kier molecular flexibility index (Phi) is 6.22. The van der Waals surface area contributed by atoms with Gasteiger partial charge < -0.3 is 15.8 Å². The predicted octanol–water partition coefficient (Wildman–Crippen LogP) is 2.54. The number of nitrogens with one attached hydrogen (secondary N) is 1. The van der Waals surface area contributed by atoms with Gasteiger partial charge in [-0.2, -0.15) is 0 Å². The number of ether oxygens (including phenoxy) is 1. The highest BCUT2D eigenvalue weighted by Gasteiger charge is 2.14. The summed E-state index contributed by atoms with van der Waals surface area (Å²) in [5, 5.41) is 2.82. The summed E-state index contributed by atoms with van der Waals surface area (Å²) in [6.45, 7) is 4.55. The van der Waals surface area contributed by atoms with E-state index in [2.05, 4.69) is 12.2 Å². The van der Waals surface area contributed by atoms with E-state index in [1.165, 1.54) is 0 Å². The van der Waals surface area contributed by atoms with Crippen LogP contribution in [0.25, 0.3) is 0 Å². The first kappa shape index (κ1) is 14.5. The number of nitrogens with two attached hydrogens (primary N) is 1. The van der Waals surface area contributed by atoms with Gasteiger partial charge in [-0.25, -0.2) is 0 Å². The number of hydrogen-bond acceptors (Lipinski definition) is 3. The Labute approximate surface area is 109 Å². The largest absolute Gasteiger partial charge is 0.492 e. The van der Waals surface area contributed by atoms with Crippen molar-refractivity contribution in [2.45, 2.75) is 39.2 Å². The highest BCUT2D eigenvalue weighted by Crippen LogP contribution is 2.23. The zero-order valence-corrected chi connectivity index (χ0v) is 11.1. The van der Waals surface area contributed by atoms with Gasteiger partial charge in [0.2, 0.25) is 5.91 Å². The van der Waals surface area contributed by atoms with Gasteiger partial charge in [0.05, 0.1) is 18.3 Å². The van der Waals surface area contributed by atoms with Crippen molar-refractivity contribution in [1.29, 1.82) is 0 Å². The molecule has 1 aromatic rings. The van der Waals surface area contributed by atoms with E-state index < -0.39 is 6.04 Å². The summed E-state index contributed by atoms with van der Waals surface area (Å²) in [5.74, 6) is 0.520. The number of hydrogen-bond donors (Lipinski definition) is 2. The van der Waals surface area contributed by atoms with Crippen molar-refractivity contribution >= 4 is 11.6 Å². The molecular formula is C14H22N2O2. The maximum Gasteiger partial charge on any atom is 0.241 e. The average Bonchev–Trinajstić information content (AvgIpc) is 2.38. The minimum absolute atomic E-state index is 0.157. The fourth-order valence-electron chi connectivity index (χ4n) is 1.63. The van der Waals surface area contributed by atoms with Crippen LogP contribution in [-0.2, 0) is 4.79 Å². The van der Waals surface area contributed by atoms with E-state index in [0.717, 1.165) is 12.8 Å². The van der Waals surface area contributed by atoms with Crippen LogP contribution in [0.4, 0.5) is 5.69 Å². The van der Waals surface area contributed by atoms with Crippen molar-refractivity contribution < 1.29 is 9.53 Å². The van der Waals surface area contributed by atoms with E-state index in [9.17, 15) is 4.79 Å². The first-order valence-electron chi connectivity index (χ1n) is 6.47. The fraction of sp³-hybridized carbons (Fsp3) is 0.500. The van der Waals surface area contributed by atoms with Gasteiger partial charge in [-0.3, -0.25) is 4.79 Å². The normalized spacial score (nSPS) is 11.9. The molecule has 0 unspecified atom stereocenters. The molecule has 0 aliphatic heterocycles. The zero-order valence-electron chi connectivity index (χ0n) is 11.1. The number of benzene rings is 1. The first-order chi connectivity index (χ1) is 8.69. The highest BCUT2D eigenvalue weighted by molar-refractivity contribution is 5.95. The molecule has 0 aliphatic carbocycles. The molecule has 0 fully saturated rings. The Morgan fingerprint density at radius 2 is 2.11 bits per heavy atom. The van der Waals surface area contributed by atoms with Crippen molar-refractivity contribution in [1.82, 2.24) is 0 Å². The van der Waals surface area contributed by atoms with E-state index in [1.54, 1.807) is 0 Å². The molecule has 0 aromatic heterocycles. The van der Waals surface area contributed by atoms with E-state index in [4.69, 9.17) is 10.5 Å². The molecule has 1 atom stereocenters. The van der Waals surface area contributed by atoms with Crippen LogP contribution in [0.5, 0.6) is 5.75 Å². The van der Waals surface area contributed by atoms with Crippen LogP contribution < -0.4 is 15.8 Å². The molecular weight excluding hydrogens is 228 g/mol. The minimum Gasteiger partial charge on any atom is -0.492 e. The number of carbonyl (C=O) groups excluding carboxylic acids is 1. The molecule has 0 radical (unpaired) electrons. The number of para-hydroxylation sites is 2. The van der Waals surface area contributed by atoms with Gasteiger partial charge in [0.1, 0.15) is 5.75 Å². The van der Waals surface area contributed by atoms with Crippen LogP contribution in [0.2, 0.25) is 0 Å². The van der Waals surface area contributed by atoms with Crippen molar-refractivity contribution in [3.05, 3.63) is 24.3 Å². The topological polar surface area (TPSA) is 64.4 Å². The Morgan fingerprint density at radius 3 is 2.78 bits per heavy atom. The quantitative estimate of drug-likeness (QED) is 0.781. The predicted molar refractivity (Wildman–Crippen MR) is 73.7 cm³/mol. The second kappa shape index (κ2) is 7.71.